The number of ether oxygens (including phenoxy) is 2. The Morgan fingerprint density at radius 2 is 1.62 bits per heavy atom. The first kappa shape index (κ1) is 17.8. The second-order valence-electron chi connectivity index (χ2n) is 4.93. The van der Waals surface area contributed by atoms with Gasteiger partial charge in [-0.2, -0.15) is 5.10 Å². The second-order valence-corrected chi connectivity index (χ2v) is 5.37. The first-order chi connectivity index (χ1) is 11.6. The lowest BCUT2D eigenvalue weighted by molar-refractivity contribution is -0.123. The molecule has 2 rings (SSSR count). The van der Waals surface area contributed by atoms with Crippen molar-refractivity contribution < 1.29 is 14.3 Å². The number of benzene rings is 2. The predicted octanol–water partition coefficient (Wildman–Crippen LogP) is 3.66. The lowest BCUT2D eigenvalue weighted by Gasteiger charge is -2.07. The van der Waals surface area contributed by atoms with E-state index in [0.29, 0.717) is 23.1 Å². The molecule has 2 aromatic carbocycles. The van der Waals surface area contributed by atoms with Gasteiger partial charge in [0.25, 0.3) is 5.91 Å². The number of amides is 1. The van der Waals surface area contributed by atoms with E-state index in [1.165, 1.54) is 0 Å². The summed E-state index contributed by atoms with van der Waals surface area (Å²) >= 11 is 5.78. The van der Waals surface area contributed by atoms with Crippen LogP contribution in [0.5, 0.6) is 11.5 Å². The topological polar surface area (TPSA) is 59.9 Å². The molecule has 0 unspecified atom stereocenters. The summed E-state index contributed by atoms with van der Waals surface area (Å²) in [5, 5.41) is 4.68. The highest BCUT2D eigenvalue weighted by molar-refractivity contribution is 6.30. The molecule has 5 nitrogen and oxygen atoms in total. The van der Waals surface area contributed by atoms with Gasteiger partial charge < -0.3 is 9.47 Å². The third-order valence-electron chi connectivity index (χ3n) is 3.11. The molecule has 6 heteroatoms. The molecular weight excluding hydrogens is 328 g/mol. The Kier molecular flexibility index (Phi) is 6.63. The first-order valence-corrected chi connectivity index (χ1v) is 7.91. The monoisotopic (exact) mass is 346 g/mol. The van der Waals surface area contributed by atoms with Gasteiger partial charge in [-0.3, -0.25) is 4.79 Å². The highest BCUT2D eigenvalue weighted by atomic mass is 35.5. The molecule has 0 radical (unpaired) electrons. The highest BCUT2D eigenvalue weighted by Crippen LogP contribution is 2.15. The van der Waals surface area contributed by atoms with Crippen molar-refractivity contribution in [3.05, 3.63) is 59.1 Å². The molecule has 126 valence electrons. The van der Waals surface area contributed by atoms with Crippen molar-refractivity contribution in [3.63, 3.8) is 0 Å². The molecule has 0 spiro atoms. The summed E-state index contributed by atoms with van der Waals surface area (Å²) in [5.41, 5.74) is 4.06. The van der Waals surface area contributed by atoms with E-state index in [9.17, 15) is 4.79 Å². The van der Waals surface area contributed by atoms with E-state index < -0.39 is 0 Å². The molecule has 0 aliphatic heterocycles. The molecule has 0 saturated carbocycles. The molecule has 0 aliphatic rings. The fraction of sp³-hybridized carbons (Fsp3) is 0.222. The molecule has 0 fully saturated rings. The molecule has 0 aromatic heterocycles. The fourth-order valence-corrected chi connectivity index (χ4v) is 2.01. The van der Waals surface area contributed by atoms with Crippen molar-refractivity contribution >= 4 is 23.2 Å². The zero-order chi connectivity index (χ0) is 17.4. The Hall–Kier alpha value is -2.53. The van der Waals surface area contributed by atoms with Gasteiger partial charge in [-0.1, -0.05) is 11.6 Å². The van der Waals surface area contributed by atoms with Gasteiger partial charge in [0.05, 0.1) is 12.3 Å². The Morgan fingerprint density at radius 1 is 1.04 bits per heavy atom. The van der Waals surface area contributed by atoms with Gasteiger partial charge in [0.2, 0.25) is 0 Å². The van der Waals surface area contributed by atoms with Crippen molar-refractivity contribution in [2.24, 2.45) is 5.10 Å². The normalized spacial score (nSPS) is 11.0. The highest BCUT2D eigenvalue weighted by Gasteiger charge is 2.03. The van der Waals surface area contributed by atoms with Crippen molar-refractivity contribution in [1.29, 1.82) is 0 Å². The first-order valence-electron chi connectivity index (χ1n) is 7.53. The Bertz CT molecular complexity index is 697. The summed E-state index contributed by atoms with van der Waals surface area (Å²) in [6, 6.07) is 14.3. The number of nitrogens with one attached hydrogen (secondary N) is 1. The number of halogens is 1. The third-order valence-corrected chi connectivity index (χ3v) is 3.37. The number of carbonyl (C=O) groups is 1. The van der Waals surface area contributed by atoms with Crippen molar-refractivity contribution in [1.82, 2.24) is 5.43 Å². The fourth-order valence-electron chi connectivity index (χ4n) is 1.88. The molecule has 0 atom stereocenters. The van der Waals surface area contributed by atoms with E-state index in [2.05, 4.69) is 10.5 Å². The Labute approximate surface area is 146 Å². The molecule has 24 heavy (non-hydrogen) atoms. The van der Waals surface area contributed by atoms with E-state index in [1.807, 2.05) is 38.1 Å². The van der Waals surface area contributed by atoms with Crippen LogP contribution < -0.4 is 14.9 Å². The van der Waals surface area contributed by atoms with Gasteiger partial charge in [-0.25, -0.2) is 5.43 Å². The van der Waals surface area contributed by atoms with Gasteiger partial charge in [-0.05, 0) is 67.9 Å². The maximum atomic E-state index is 11.8. The van der Waals surface area contributed by atoms with E-state index >= 15 is 0 Å². The van der Waals surface area contributed by atoms with Crippen LogP contribution in [-0.2, 0) is 4.79 Å². The maximum Gasteiger partial charge on any atom is 0.277 e. The van der Waals surface area contributed by atoms with Crippen LogP contribution >= 0.6 is 11.6 Å². The maximum absolute atomic E-state index is 11.8. The standard InChI is InChI=1S/C18H19ClN2O3/c1-3-23-16-8-4-14(5-9-16)13(2)20-21-18(22)12-24-17-10-6-15(19)7-11-17/h4-11H,3,12H2,1-2H3,(H,21,22)/b20-13+. The van der Waals surface area contributed by atoms with E-state index in [0.717, 1.165) is 11.3 Å². The quantitative estimate of drug-likeness (QED) is 0.615. The van der Waals surface area contributed by atoms with Crippen LogP contribution in [-0.4, -0.2) is 24.8 Å². The molecule has 1 amide bonds. The second kappa shape index (κ2) is 8.93. The largest absolute Gasteiger partial charge is 0.494 e. The predicted molar refractivity (Wildman–Crippen MR) is 94.9 cm³/mol. The van der Waals surface area contributed by atoms with Crippen LogP contribution in [0.1, 0.15) is 19.4 Å². The van der Waals surface area contributed by atoms with Gasteiger partial charge >= 0.3 is 0 Å². The zero-order valence-electron chi connectivity index (χ0n) is 13.6. The lowest BCUT2D eigenvalue weighted by atomic mass is 10.1. The molecule has 0 saturated heterocycles. The van der Waals surface area contributed by atoms with Gasteiger partial charge in [-0.15, -0.1) is 0 Å². The summed E-state index contributed by atoms with van der Waals surface area (Å²) in [6.45, 7) is 4.25. The van der Waals surface area contributed by atoms with Gasteiger partial charge in [0.1, 0.15) is 11.5 Å². The number of hydrazone groups is 1. The molecule has 0 aliphatic carbocycles. The Balaban J connectivity index is 1.84. The molecular formula is C18H19ClN2O3. The van der Waals surface area contributed by atoms with Crippen LogP contribution in [0.15, 0.2) is 53.6 Å². The van der Waals surface area contributed by atoms with Gasteiger partial charge in [0.15, 0.2) is 6.61 Å². The number of hydrogen-bond acceptors (Lipinski definition) is 4. The van der Waals surface area contributed by atoms with E-state index in [-0.39, 0.29) is 12.5 Å². The van der Waals surface area contributed by atoms with Crippen LogP contribution in [0, 0.1) is 0 Å². The smallest absolute Gasteiger partial charge is 0.277 e. The molecule has 0 bridgehead atoms. The zero-order valence-corrected chi connectivity index (χ0v) is 14.3. The minimum absolute atomic E-state index is 0.123. The SMILES string of the molecule is CCOc1ccc(/C(C)=N/NC(=O)COc2ccc(Cl)cc2)cc1. The number of nitrogens with zero attached hydrogens (tertiary/aromatic N) is 1. The molecule has 1 N–H and O–H groups in total. The minimum atomic E-state index is -0.338. The van der Waals surface area contributed by atoms with Crippen LogP contribution in [0.25, 0.3) is 0 Å². The van der Waals surface area contributed by atoms with Crippen molar-refractivity contribution in [3.8, 4) is 11.5 Å². The van der Waals surface area contributed by atoms with E-state index in [1.54, 1.807) is 24.3 Å². The summed E-state index contributed by atoms with van der Waals surface area (Å²) < 4.78 is 10.7. The van der Waals surface area contributed by atoms with Crippen molar-refractivity contribution in [2.75, 3.05) is 13.2 Å². The average Bonchev–Trinajstić information content (AvgIpc) is 2.60. The van der Waals surface area contributed by atoms with Crippen LogP contribution in [0.3, 0.4) is 0 Å². The van der Waals surface area contributed by atoms with Gasteiger partial charge in [0, 0.05) is 5.02 Å². The summed E-state index contributed by atoms with van der Waals surface area (Å²) in [4.78, 5) is 11.8. The van der Waals surface area contributed by atoms with Crippen molar-refractivity contribution in [2.45, 2.75) is 13.8 Å². The number of rotatable bonds is 7. The molecule has 2 aromatic rings. The summed E-state index contributed by atoms with van der Waals surface area (Å²) in [5.74, 6) is 1.03. The molecule has 0 heterocycles. The summed E-state index contributed by atoms with van der Waals surface area (Å²) in [7, 11) is 0. The number of hydrogen-bond donors (Lipinski definition) is 1. The third kappa shape index (κ3) is 5.59. The number of carbonyl (C=O) groups excluding carboxylic acids is 1. The van der Waals surface area contributed by atoms with Crippen LogP contribution in [0.2, 0.25) is 5.02 Å². The summed E-state index contributed by atoms with van der Waals surface area (Å²) in [6.07, 6.45) is 0. The van der Waals surface area contributed by atoms with E-state index in [4.69, 9.17) is 21.1 Å². The lowest BCUT2D eigenvalue weighted by Crippen LogP contribution is -2.25. The van der Waals surface area contributed by atoms with Crippen LogP contribution in [0.4, 0.5) is 0 Å². The Morgan fingerprint density at radius 3 is 2.25 bits per heavy atom. The minimum Gasteiger partial charge on any atom is -0.494 e. The average molecular weight is 347 g/mol.